The fraction of sp³-hybridized carbons (Fsp3) is 0.500. The number of hydrogen-bond acceptors (Lipinski definition) is 0. The van der Waals surface area contributed by atoms with Crippen LogP contribution in [0.2, 0.25) is 0 Å². The van der Waals surface area contributed by atoms with Crippen molar-refractivity contribution in [3.8, 4) is 0 Å². The molecule has 0 rings (SSSR count). The van der Waals surface area contributed by atoms with Crippen LogP contribution in [0, 0.1) is 0 Å². The first kappa shape index (κ1) is 8.94. The Kier molecular flexibility index (Phi) is 3.17. The third kappa shape index (κ3) is 7.94. The highest BCUT2D eigenvalue weighted by atomic mass is 79.9. The largest absolute Gasteiger partial charge is 0.305 e. The van der Waals surface area contributed by atoms with E-state index in [0.717, 1.165) is 0 Å². The summed E-state index contributed by atoms with van der Waals surface area (Å²) in [6, 6.07) is 0. The number of allylic oxidation sites excluding steroid dienone is 1. The molecule has 0 fully saturated rings. The first-order chi connectivity index (χ1) is 3.92. The Morgan fingerprint density at radius 3 is 2.00 bits per heavy atom. The minimum atomic E-state index is -3.21. The smallest absolute Gasteiger partial charge is 0.193 e. The summed E-state index contributed by atoms with van der Waals surface area (Å²) in [5.41, 5.74) is 0. The van der Waals surface area contributed by atoms with Crippen LogP contribution in [0.15, 0.2) is 12.2 Å². The fourth-order valence-electron chi connectivity index (χ4n) is 0.193. The van der Waals surface area contributed by atoms with Gasteiger partial charge in [0.2, 0.25) is 0 Å². The zero-order chi connectivity index (χ0) is 7.49. The molecule has 5 heteroatoms. The van der Waals surface area contributed by atoms with Crippen molar-refractivity contribution in [2.45, 2.75) is 11.3 Å². The summed E-state index contributed by atoms with van der Waals surface area (Å²) < 4.78 is 45.4. The van der Waals surface area contributed by atoms with E-state index < -0.39 is 17.3 Å². The Labute approximate surface area is 57.7 Å². The maximum absolute atomic E-state index is 11.6. The predicted octanol–water partition coefficient (Wildman–Crippen LogP) is 3.14. The topological polar surface area (TPSA) is 0 Å². The van der Waals surface area contributed by atoms with Crippen molar-refractivity contribution in [1.29, 1.82) is 0 Å². The molecule has 0 aromatic carbocycles. The highest BCUT2D eigenvalue weighted by Gasteiger charge is 2.21. The van der Waals surface area contributed by atoms with Crippen LogP contribution in [0.4, 0.5) is 17.6 Å². The molecule has 0 spiro atoms. The van der Waals surface area contributed by atoms with Crippen LogP contribution < -0.4 is 0 Å². The molecule has 54 valence electrons. The second-order valence-corrected chi connectivity index (χ2v) is 2.47. The summed E-state index contributed by atoms with van der Waals surface area (Å²) in [6.45, 7) is 0. The molecule has 0 saturated carbocycles. The van der Waals surface area contributed by atoms with Crippen LogP contribution in [0.5, 0.6) is 0 Å². The molecule has 0 aliphatic heterocycles. The Bertz CT molecular complexity index is 110. The number of halogens is 5. The zero-order valence-corrected chi connectivity index (χ0v) is 5.76. The molecule has 0 N–H and O–H groups in total. The summed E-state index contributed by atoms with van der Waals surface area (Å²) in [5.74, 6) is 0. The maximum atomic E-state index is 11.6. The molecule has 0 aliphatic rings. The SMILES string of the molecule is FC(F)=CCC(F)(F)Br. The molecule has 0 heterocycles. The van der Waals surface area contributed by atoms with Gasteiger partial charge >= 0.3 is 4.83 Å². The lowest BCUT2D eigenvalue weighted by atomic mass is 10.4. The maximum Gasteiger partial charge on any atom is 0.305 e. The monoisotopic (exact) mass is 206 g/mol. The van der Waals surface area contributed by atoms with Gasteiger partial charge in [-0.05, 0) is 22.0 Å². The van der Waals surface area contributed by atoms with E-state index in [1.54, 1.807) is 0 Å². The van der Waals surface area contributed by atoms with Gasteiger partial charge in [0.1, 0.15) is 0 Å². The Balaban J connectivity index is 3.64. The van der Waals surface area contributed by atoms with Gasteiger partial charge in [0.05, 0.1) is 0 Å². The molecule has 0 atom stereocenters. The van der Waals surface area contributed by atoms with Crippen LogP contribution in [0.1, 0.15) is 6.42 Å². The second-order valence-electron chi connectivity index (χ2n) is 1.31. The van der Waals surface area contributed by atoms with Gasteiger partial charge in [0, 0.05) is 6.42 Å². The van der Waals surface area contributed by atoms with Crippen molar-refractivity contribution >= 4 is 15.9 Å². The van der Waals surface area contributed by atoms with Crippen LogP contribution in [-0.2, 0) is 0 Å². The lowest BCUT2D eigenvalue weighted by Crippen LogP contribution is -2.01. The molecular formula is C4H3BrF4. The van der Waals surface area contributed by atoms with Gasteiger partial charge in [-0.3, -0.25) is 0 Å². The number of alkyl halides is 3. The average Bonchev–Trinajstić information content (AvgIpc) is 1.59. The van der Waals surface area contributed by atoms with Crippen molar-refractivity contribution in [2.24, 2.45) is 0 Å². The van der Waals surface area contributed by atoms with Crippen molar-refractivity contribution < 1.29 is 17.6 Å². The molecule has 0 nitrogen and oxygen atoms in total. The Morgan fingerprint density at radius 1 is 1.44 bits per heavy atom. The highest BCUT2D eigenvalue weighted by molar-refractivity contribution is 9.10. The summed E-state index contributed by atoms with van der Waals surface area (Å²) in [6.07, 6.45) is -2.90. The van der Waals surface area contributed by atoms with E-state index in [1.165, 1.54) is 0 Å². The minimum Gasteiger partial charge on any atom is -0.193 e. The summed E-state index contributed by atoms with van der Waals surface area (Å²) in [4.78, 5) is -3.21. The Morgan fingerprint density at radius 2 is 1.89 bits per heavy atom. The van der Waals surface area contributed by atoms with Gasteiger partial charge in [-0.1, -0.05) is 0 Å². The normalized spacial score (nSPS) is 11.2. The van der Waals surface area contributed by atoms with Gasteiger partial charge < -0.3 is 0 Å². The second kappa shape index (κ2) is 3.20. The van der Waals surface area contributed by atoms with Crippen LogP contribution in [0.25, 0.3) is 0 Å². The number of hydrogen-bond donors (Lipinski definition) is 0. The molecule has 0 aliphatic carbocycles. The quantitative estimate of drug-likeness (QED) is 0.481. The van der Waals surface area contributed by atoms with E-state index in [0.29, 0.717) is 0 Å². The molecular weight excluding hydrogens is 204 g/mol. The van der Waals surface area contributed by atoms with Crippen molar-refractivity contribution in [2.75, 3.05) is 0 Å². The van der Waals surface area contributed by atoms with Crippen LogP contribution >= 0.6 is 15.9 Å². The van der Waals surface area contributed by atoms with E-state index in [4.69, 9.17) is 0 Å². The van der Waals surface area contributed by atoms with Gasteiger partial charge in [0.15, 0.2) is 0 Å². The van der Waals surface area contributed by atoms with E-state index in [9.17, 15) is 17.6 Å². The Hall–Kier alpha value is -0.0600. The van der Waals surface area contributed by atoms with E-state index >= 15 is 0 Å². The summed E-state index contributed by atoms with van der Waals surface area (Å²) >= 11 is 1.90. The molecule has 0 unspecified atom stereocenters. The van der Waals surface area contributed by atoms with Gasteiger partial charge in [-0.2, -0.15) is 17.6 Å². The fourth-order valence-corrected chi connectivity index (χ4v) is 0.355. The minimum absolute atomic E-state index is 0.161. The molecule has 0 aromatic rings. The first-order valence-corrected chi connectivity index (χ1v) is 2.79. The first-order valence-electron chi connectivity index (χ1n) is 2.00. The van der Waals surface area contributed by atoms with Crippen LogP contribution in [-0.4, -0.2) is 4.83 Å². The molecule has 9 heavy (non-hydrogen) atoms. The molecule has 0 bridgehead atoms. The summed E-state index contributed by atoms with van der Waals surface area (Å²) in [7, 11) is 0. The molecule has 0 saturated heterocycles. The summed E-state index contributed by atoms with van der Waals surface area (Å²) in [5, 5.41) is 0. The standard InChI is InChI=1S/C4H3BrF4/c5-4(8,9)2-1-3(6)7/h1H,2H2. The third-order valence-electron chi connectivity index (χ3n) is 0.488. The molecule has 0 aromatic heterocycles. The van der Waals surface area contributed by atoms with Gasteiger partial charge in [-0.15, -0.1) is 0 Å². The lowest BCUT2D eigenvalue weighted by Gasteiger charge is -2.00. The zero-order valence-electron chi connectivity index (χ0n) is 4.17. The average molecular weight is 207 g/mol. The van der Waals surface area contributed by atoms with Crippen molar-refractivity contribution in [3.63, 3.8) is 0 Å². The van der Waals surface area contributed by atoms with Crippen molar-refractivity contribution in [1.82, 2.24) is 0 Å². The van der Waals surface area contributed by atoms with E-state index in [1.807, 2.05) is 15.9 Å². The van der Waals surface area contributed by atoms with Crippen LogP contribution in [0.3, 0.4) is 0 Å². The van der Waals surface area contributed by atoms with E-state index in [2.05, 4.69) is 0 Å². The third-order valence-corrected chi connectivity index (χ3v) is 0.812. The van der Waals surface area contributed by atoms with Gasteiger partial charge in [-0.25, -0.2) is 0 Å². The predicted molar refractivity (Wildman–Crippen MR) is 28.8 cm³/mol. The van der Waals surface area contributed by atoms with Crippen molar-refractivity contribution in [3.05, 3.63) is 12.2 Å². The molecule has 0 radical (unpaired) electrons. The van der Waals surface area contributed by atoms with E-state index in [-0.39, 0.29) is 6.08 Å². The molecule has 0 amide bonds. The highest BCUT2D eigenvalue weighted by Crippen LogP contribution is 2.26. The lowest BCUT2D eigenvalue weighted by molar-refractivity contribution is 0.117. The van der Waals surface area contributed by atoms with Gasteiger partial charge in [0.25, 0.3) is 6.08 Å². The number of rotatable bonds is 2.